The summed E-state index contributed by atoms with van der Waals surface area (Å²) in [5.41, 5.74) is 8.43. The Morgan fingerprint density at radius 3 is 2.76 bits per heavy atom. The van der Waals surface area contributed by atoms with Crippen LogP contribution >= 0.6 is 11.6 Å². The van der Waals surface area contributed by atoms with Crippen molar-refractivity contribution in [1.29, 1.82) is 0 Å². The summed E-state index contributed by atoms with van der Waals surface area (Å²) in [5.74, 6) is 0.472. The predicted octanol–water partition coefficient (Wildman–Crippen LogP) is 3.39. The Bertz CT molecular complexity index is 390. The number of nitrogens with two attached hydrogens (primary N) is 1. The number of benzene rings is 1. The third kappa shape index (κ3) is 2.93. The summed E-state index contributed by atoms with van der Waals surface area (Å²) in [6.07, 6.45) is 2.30. The molecular weight excluding hydrogens is 232 g/mol. The maximum absolute atomic E-state index is 6.32. The van der Waals surface area contributed by atoms with Crippen LogP contribution in [0.25, 0.3) is 0 Å². The van der Waals surface area contributed by atoms with E-state index in [4.69, 9.17) is 17.3 Å². The highest BCUT2D eigenvalue weighted by Crippen LogP contribution is 2.29. The molecule has 1 unspecified atom stereocenters. The molecule has 17 heavy (non-hydrogen) atoms. The largest absolute Gasteiger partial charge is 0.370 e. The van der Waals surface area contributed by atoms with Gasteiger partial charge < -0.3 is 10.6 Å². The maximum atomic E-state index is 6.32. The van der Waals surface area contributed by atoms with Gasteiger partial charge in [0.1, 0.15) is 0 Å². The van der Waals surface area contributed by atoms with Crippen LogP contribution in [0.3, 0.4) is 0 Å². The first kappa shape index (κ1) is 12.7. The third-order valence-corrected chi connectivity index (χ3v) is 3.76. The number of halogens is 1. The van der Waals surface area contributed by atoms with Gasteiger partial charge in [-0.1, -0.05) is 31.5 Å². The van der Waals surface area contributed by atoms with Crippen LogP contribution in [0.4, 0.5) is 5.69 Å². The minimum absolute atomic E-state index is 0.298. The van der Waals surface area contributed by atoms with E-state index in [0.29, 0.717) is 12.0 Å². The first-order valence-corrected chi connectivity index (χ1v) is 6.75. The number of rotatable bonds is 2. The number of anilines is 1. The van der Waals surface area contributed by atoms with Gasteiger partial charge in [0.15, 0.2) is 0 Å². The summed E-state index contributed by atoms with van der Waals surface area (Å²) in [6.45, 7) is 6.36. The molecule has 1 aliphatic rings. The molecule has 0 amide bonds. The van der Waals surface area contributed by atoms with E-state index >= 15 is 0 Å². The van der Waals surface area contributed by atoms with E-state index in [1.54, 1.807) is 0 Å². The zero-order valence-corrected chi connectivity index (χ0v) is 11.4. The Balaban J connectivity index is 2.19. The van der Waals surface area contributed by atoms with Crippen molar-refractivity contribution in [2.45, 2.75) is 38.6 Å². The molecule has 2 N–H and O–H groups in total. The van der Waals surface area contributed by atoms with Gasteiger partial charge >= 0.3 is 0 Å². The van der Waals surface area contributed by atoms with Crippen molar-refractivity contribution in [3.05, 3.63) is 28.8 Å². The molecule has 0 aromatic heterocycles. The van der Waals surface area contributed by atoms with Crippen LogP contribution in [-0.2, 0) is 0 Å². The van der Waals surface area contributed by atoms with Crippen molar-refractivity contribution < 1.29 is 0 Å². The van der Waals surface area contributed by atoms with Crippen molar-refractivity contribution >= 4 is 17.3 Å². The molecule has 1 saturated heterocycles. The van der Waals surface area contributed by atoms with Crippen molar-refractivity contribution in [2.24, 2.45) is 5.73 Å². The summed E-state index contributed by atoms with van der Waals surface area (Å²) in [6, 6.07) is 6.68. The van der Waals surface area contributed by atoms with Gasteiger partial charge in [0.25, 0.3) is 0 Å². The molecule has 0 aliphatic carbocycles. The Morgan fingerprint density at radius 2 is 2.18 bits per heavy atom. The fraction of sp³-hybridized carbons (Fsp3) is 0.571. The monoisotopic (exact) mass is 252 g/mol. The molecule has 1 atom stereocenters. The quantitative estimate of drug-likeness (QED) is 0.874. The average molecular weight is 253 g/mol. The van der Waals surface area contributed by atoms with Crippen LogP contribution in [0.1, 0.15) is 38.2 Å². The minimum atomic E-state index is 0.298. The number of nitrogens with zero attached hydrogens (tertiary/aromatic N) is 1. The van der Waals surface area contributed by atoms with E-state index in [9.17, 15) is 0 Å². The van der Waals surface area contributed by atoms with E-state index in [1.165, 1.54) is 17.7 Å². The van der Waals surface area contributed by atoms with Crippen LogP contribution in [0.5, 0.6) is 0 Å². The standard InChI is InChI=1S/C14H21ClN2/c1-10(2)13-6-5-12(8-14(13)15)17-7-3-4-11(16)9-17/h5-6,8,10-11H,3-4,7,9,16H2,1-2H3. The molecule has 0 spiro atoms. The zero-order chi connectivity index (χ0) is 12.4. The number of hydrogen-bond donors (Lipinski definition) is 1. The fourth-order valence-electron chi connectivity index (χ4n) is 2.43. The van der Waals surface area contributed by atoms with Crippen LogP contribution in [0.2, 0.25) is 5.02 Å². The second kappa shape index (κ2) is 5.28. The zero-order valence-electron chi connectivity index (χ0n) is 10.6. The lowest BCUT2D eigenvalue weighted by Gasteiger charge is -2.33. The summed E-state index contributed by atoms with van der Waals surface area (Å²) >= 11 is 6.32. The Hall–Kier alpha value is -0.730. The van der Waals surface area contributed by atoms with Crippen molar-refractivity contribution in [3.63, 3.8) is 0 Å². The van der Waals surface area contributed by atoms with Gasteiger partial charge in [-0.05, 0) is 36.5 Å². The van der Waals surface area contributed by atoms with Crippen molar-refractivity contribution in [1.82, 2.24) is 0 Å². The second-order valence-electron chi connectivity index (χ2n) is 5.21. The lowest BCUT2D eigenvalue weighted by atomic mass is 10.0. The molecule has 94 valence electrons. The van der Waals surface area contributed by atoms with Crippen LogP contribution in [-0.4, -0.2) is 19.1 Å². The van der Waals surface area contributed by atoms with Gasteiger partial charge in [-0.2, -0.15) is 0 Å². The van der Waals surface area contributed by atoms with Gasteiger partial charge in [-0.15, -0.1) is 0 Å². The van der Waals surface area contributed by atoms with E-state index in [1.807, 2.05) is 0 Å². The second-order valence-corrected chi connectivity index (χ2v) is 5.62. The van der Waals surface area contributed by atoms with Crippen LogP contribution in [0, 0.1) is 0 Å². The molecule has 1 aromatic rings. The molecule has 0 saturated carbocycles. The van der Waals surface area contributed by atoms with E-state index in [-0.39, 0.29) is 0 Å². The van der Waals surface area contributed by atoms with Crippen LogP contribution < -0.4 is 10.6 Å². The van der Waals surface area contributed by atoms with E-state index < -0.39 is 0 Å². The number of hydrogen-bond acceptors (Lipinski definition) is 2. The Kier molecular flexibility index (Phi) is 3.95. The third-order valence-electron chi connectivity index (χ3n) is 3.43. The van der Waals surface area contributed by atoms with Gasteiger partial charge in [0.2, 0.25) is 0 Å². The fourth-order valence-corrected chi connectivity index (χ4v) is 2.82. The molecule has 1 aliphatic heterocycles. The van der Waals surface area contributed by atoms with Crippen LogP contribution in [0.15, 0.2) is 18.2 Å². The van der Waals surface area contributed by atoms with E-state index in [2.05, 4.69) is 36.9 Å². The Morgan fingerprint density at radius 1 is 1.41 bits per heavy atom. The molecule has 3 heteroatoms. The van der Waals surface area contributed by atoms with Gasteiger partial charge in [0, 0.05) is 29.8 Å². The SMILES string of the molecule is CC(C)c1ccc(N2CCCC(N)C2)cc1Cl. The molecule has 2 rings (SSSR count). The number of piperidine rings is 1. The molecule has 1 heterocycles. The van der Waals surface area contributed by atoms with Gasteiger partial charge in [-0.3, -0.25) is 0 Å². The van der Waals surface area contributed by atoms with Crippen molar-refractivity contribution in [2.75, 3.05) is 18.0 Å². The van der Waals surface area contributed by atoms with E-state index in [0.717, 1.165) is 24.5 Å². The highest BCUT2D eigenvalue weighted by atomic mass is 35.5. The summed E-state index contributed by atoms with van der Waals surface area (Å²) in [7, 11) is 0. The summed E-state index contributed by atoms with van der Waals surface area (Å²) < 4.78 is 0. The molecular formula is C14H21ClN2. The smallest absolute Gasteiger partial charge is 0.0461 e. The van der Waals surface area contributed by atoms with Crippen molar-refractivity contribution in [3.8, 4) is 0 Å². The Labute approximate surface area is 109 Å². The lowest BCUT2D eigenvalue weighted by molar-refractivity contribution is 0.506. The van der Waals surface area contributed by atoms with Gasteiger partial charge in [0.05, 0.1) is 0 Å². The first-order chi connectivity index (χ1) is 8.08. The summed E-state index contributed by atoms with van der Waals surface area (Å²) in [4.78, 5) is 2.34. The molecule has 0 bridgehead atoms. The summed E-state index contributed by atoms with van der Waals surface area (Å²) in [5, 5.41) is 0.872. The lowest BCUT2D eigenvalue weighted by Crippen LogP contribution is -2.42. The highest BCUT2D eigenvalue weighted by Gasteiger charge is 2.17. The molecule has 2 nitrogen and oxygen atoms in total. The predicted molar refractivity (Wildman–Crippen MR) is 75.0 cm³/mol. The molecule has 0 radical (unpaired) electrons. The normalized spacial score (nSPS) is 21.0. The maximum Gasteiger partial charge on any atom is 0.0461 e. The topological polar surface area (TPSA) is 29.3 Å². The average Bonchev–Trinajstić information content (AvgIpc) is 2.28. The molecule has 1 aromatic carbocycles. The first-order valence-electron chi connectivity index (χ1n) is 6.38. The highest BCUT2D eigenvalue weighted by molar-refractivity contribution is 6.31. The van der Waals surface area contributed by atoms with Gasteiger partial charge in [-0.25, -0.2) is 0 Å². The minimum Gasteiger partial charge on any atom is -0.370 e. The molecule has 1 fully saturated rings.